The molecule has 0 aromatic rings. The summed E-state index contributed by atoms with van der Waals surface area (Å²) in [7, 11) is 0. The third kappa shape index (κ3) is 64.8. The molecule has 0 heterocycles. The van der Waals surface area contributed by atoms with Crippen molar-refractivity contribution < 1.29 is 28.6 Å². The highest BCUT2D eigenvalue weighted by Crippen LogP contribution is 2.17. The lowest BCUT2D eigenvalue weighted by Crippen LogP contribution is -2.30. The van der Waals surface area contributed by atoms with E-state index in [0.29, 0.717) is 19.3 Å². The van der Waals surface area contributed by atoms with E-state index in [1.54, 1.807) is 0 Å². The van der Waals surface area contributed by atoms with Gasteiger partial charge in [0.25, 0.3) is 0 Å². The quantitative estimate of drug-likeness (QED) is 0.0261. The van der Waals surface area contributed by atoms with E-state index in [4.69, 9.17) is 14.2 Å². The minimum absolute atomic E-state index is 0.0805. The van der Waals surface area contributed by atoms with Gasteiger partial charge in [0.2, 0.25) is 0 Å². The van der Waals surface area contributed by atoms with E-state index in [9.17, 15) is 14.4 Å². The molecule has 0 spiro atoms. The largest absolute Gasteiger partial charge is 0.462 e. The predicted octanol–water partition coefficient (Wildman–Crippen LogP) is 23.0. The molecule has 6 nitrogen and oxygen atoms in total. The van der Waals surface area contributed by atoms with Crippen molar-refractivity contribution in [3.05, 3.63) is 109 Å². The Kier molecular flexibility index (Phi) is 63.3. The molecule has 0 aliphatic rings. The summed E-state index contributed by atoms with van der Waals surface area (Å²) in [5.41, 5.74) is 0. The number of rotatable bonds is 60. The van der Waals surface area contributed by atoms with Crippen LogP contribution in [0.2, 0.25) is 0 Å². The highest BCUT2D eigenvalue weighted by atomic mass is 16.6. The van der Waals surface area contributed by atoms with Gasteiger partial charge in [-0.25, -0.2) is 0 Å². The van der Waals surface area contributed by atoms with Gasteiger partial charge in [0.15, 0.2) is 6.10 Å². The summed E-state index contributed by atoms with van der Waals surface area (Å²) >= 11 is 0. The van der Waals surface area contributed by atoms with Gasteiger partial charge in [0, 0.05) is 19.3 Å². The van der Waals surface area contributed by atoms with Crippen LogP contribution in [0.3, 0.4) is 0 Å². The Morgan fingerprint density at radius 1 is 0.266 bits per heavy atom. The molecular weight excluding hydrogens is 973 g/mol. The Hall–Kier alpha value is -3.93. The van der Waals surface area contributed by atoms with Gasteiger partial charge in [-0.3, -0.25) is 14.4 Å². The number of allylic oxidation sites excluding steroid dienone is 18. The van der Waals surface area contributed by atoms with Crippen LogP contribution in [0.1, 0.15) is 316 Å². The summed E-state index contributed by atoms with van der Waals surface area (Å²) in [5.74, 6) is -0.892. The molecule has 0 amide bonds. The Bertz CT molecular complexity index is 1590. The van der Waals surface area contributed by atoms with Crippen LogP contribution in [0.4, 0.5) is 0 Å². The molecule has 0 aromatic carbocycles. The van der Waals surface area contributed by atoms with Crippen molar-refractivity contribution in [2.24, 2.45) is 0 Å². The number of hydrogen-bond acceptors (Lipinski definition) is 6. The second kappa shape index (κ2) is 66.6. The van der Waals surface area contributed by atoms with E-state index >= 15 is 0 Å². The smallest absolute Gasteiger partial charge is 0.306 e. The second-order valence-electron chi connectivity index (χ2n) is 22.0. The van der Waals surface area contributed by atoms with E-state index in [1.807, 2.05) is 0 Å². The van der Waals surface area contributed by atoms with Crippen LogP contribution < -0.4 is 0 Å². The van der Waals surface area contributed by atoms with Crippen molar-refractivity contribution in [2.45, 2.75) is 322 Å². The maximum atomic E-state index is 12.9. The molecule has 0 aromatic heterocycles. The first-order valence-corrected chi connectivity index (χ1v) is 33.4. The van der Waals surface area contributed by atoms with Crippen LogP contribution in [0.5, 0.6) is 0 Å². The molecule has 79 heavy (non-hydrogen) atoms. The zero-order chi connectivity index (χ0) is 57.1. The molecule has 0 saturated heterocycles. The predicted molar refractivity (Wildman–Crippen MR) is 343 cm³/mol. The third-order valence-electron chi connectivity index (χ3n) is 14.3. The van der Waals surface area contributed by atoms with Gasteiger partial charge in [-0.05, 0) is 89.9 Å². The number of esters is 3. The molecular formula is C73H124O6. The first-order valence-electron chi connectivity index (χ1n) is 33.4. The molecule has 0 saturated carbocycles. The SMILES string of the molecule is CC/C=C\C/C=C\C/C=C\C/C=C\C/C=C\C/C=C\C/C=C\C/C=C\C/C=C\CCCCCCCC(=O)OCC(COC(=O)CCCCCCCCCCC)OC(=O)CCCCCCCCCCCCCCCCCCCCC. The zero-order valence-corrected chi connectivity index (χ0v) is 51.9. The molecule has 0 N–H and O–H groups in total. The van der Waals surface area contributed by atoms with E-state index in [1.165, 1.54) is 141 Å². The van der Waals surface area contributed by atoms with Gasteiger partial charge in [0.05, 0.1) is 0 Å². The standard InChI is InChI=1S/C73H124O6/c1-4-7-10-13-16-19-21-23-25-27-29-30-31-32-33-34-35-36-37-38-39-40-41-42-44-45-47-49-51-54-57-60-63-66-72(75)78-69-70(68-77-71(74)65-62-59-56-53-18-15-12-9-6-3)79-73(76)67-64-61-58-55-52-50-48-46-43-28-26-24-22-20-17-14-11-8-5-2/h7,10,16,19,23,25,29-30,32-33,35-36,38-39,41-42,45,47,70H,4-6,8-9,11-15,17-18,20-22,24,26-28,31,34,37,40,43-44,46,48-69H2,1-3H3/b10-7-,19-16-,25-23-,30-29-,33-32-,36-35-,39-38-,42-41-,47-45-. The summed E-state index contributed by atoms with van der Waals surface area (Å²) < 4.78 is 16.9. The molecule has 1 unspecified atom stereocenters. The lowest BCUT2D eigenvalue weighted by Gasteiger charge is -2.18. The van der Waals surface area contributed by atoms with Crippen LogP contribution in [-0.4, -0.2) is 37.2 Å². The van der Waals surface area contributed by atoms with Gasteiger partial charge in [-0.1, -0.05) is 316 Å². The molecule has 452 valence electrons. The number of unbranched alkanes of at least 4 members (excludes halogenated alkanes) is 31. The lowest BCUT2D eigenvalue weighted by atomic mass is 10.0. The van der Waals surface area contributed by atoms with Gasteiger partial charge < -0.3 is 14.2 Å². The van der Waals surface area contributed by atoms with Crippen molar-refractivity contribution in [1.29, 1.82) is 0 Å². The van der Waals surface area contributed by atoms with Gasteiger partial charge >= 0.3 is 17.9 Å². The van der Waals surface area contributed by atoms with Crippen molar-refractivity contribution in [3.8, 4) is 0 Å². The topological polar surface area (TPSA) is 78.9 Å². The normalized spacial score (nSPS) is 12.8. The Morgan fingerprint density at radius 3 is 0.772 bits per heavy atom. The lowest BCUT2D eigenvalue weighted by molar-refractivity contribution is -0.167. The van der Waals surface area contributed by atoms with Gasteiger partial charge in [-0.15, -0.1) is 0 Å². The summed E-state index contributed by atoms with van der Waals surface area (Å²) in [4.78, 5) is 38.2. The van der Waals surface area contributed by atoms with Crippen LogP contribution in [0.15, 0.2) is 109 Å². The highest BCUT2D eigenvalue weighted by molar-refractivity contribution is 5.71. The minimum Gasteiger partial charge on any atom is -0.462 e. The summed E-state index contributed by atoms with van der Waals surface area (Å²) in [6.07, 6.45) is 91.1. The number of ether oxygens (including phenoxy) is 3. The van der Waals surface area contributed by atoms with E-state index in [2.05, 4.69) is 130 Å². The molecule has 6 heteroatoms. The number of carbonyl (C=O) groups is 3. The van der Waals surface area contributed by atoms with Crippen molar-refractivity contribution >= 4 is 17.9 Å². The molecule has 0 aliphatic carbocycles. The Balaban J connectivity index is 4.23. The van der Waals surface area contributed by atoms with Crippen LogP contribution in [-0.2, 0) is 28.6 Å². The fraction of sp³-hybridized carbons (Fsp3) is 0.712. The van der Waals surface area contributed by atoms with Crippen LogP contribution in [0.25, 0.3) is 0 Å². The van der Waals surface area contributed by atoms with E-state index < -0.39 is 6.10 Å². The average molecular weight is 1100 g/mol. The Morgan fingerprint density at radius 2 is 0.494 bits per heavy atom. The summed E-state index contributed by atoms with van der Waals surface area (Å²) in [6, 6.07) is 0. The second-order valence-corrected chi connectivity index (χ2v) is 22.0. The monoisotopic (exact) mass is 1100 g/mol. The third-order valence-corrected chi connectivity index (χ3v) is 14.3. The Labute approximate surface area is 489 Å². The first kappa shape index (κ1) is 75.1. The molecule has 0 aliphatic heterocycles. The van der Waals surface area contributed by atoms with Gasteiger partial charge in [0.1, 0.15) is 13.2 Å². The molecule has 0 rings (SSSR count). The molecule has 0 bridgehead atoms. The number of carbonyl (C=O) groups excluding carboxylic acids is 3. The van der Waals surface area contributed by atoms with Crippen molar-refractivity contribution in [2.75, 3.05) is 13.2 Å². The van der Waals surface area contributed by atoms with E-state index in [0.717, 1.165) is 135 Å². The average Bonchev–Trinajstić information content (AvgIpc) is 3.45. The highest BCUT2D eigenvalue weighted by Gasteiger charge is 2.19. The van der Waals surface area contributed by atoms with Crippen molar-refractivity contribution in [3.63, 3.8) is 0 Å². The summed E-state index contributed by atoms with van der Waals surface area (Å²) in [5, 5.41) is 0. The minimum atomic E-state index is -0.783. The first-order chi connectivity index (χ1) is 39.0. The van der Waals surface area contributed by atoms with Crippen LogP contribution >= 0.6 is 0 Å². The van der Waals surface area contributed by atoms with E-state index in [-0.39, 0.29) is 31.1 Å². The van der Waals surface area contributed by atoms with Crippen LogP contribution in [0, 0.1) is 0 Å². The molecule has 0 radical (unpaired) electrons. The fourth-order valence-electron chi connectivity index (χ4n) is 9.32. The van der Waals surface area contributed by atoms with Crippen molar-refractivity contribution in [1.82, 2.24) is 0 Å². The maximum Gasteiger partial charge on any atom is 0.306 e. The summed E-state index contributed by atoms with van der Waals surface area (Å²) in [6.45, 7) is 6.52. The zero-order valence-electron chi connectivity index (χ0n) is 51.9. The molecule has 0 fully saturated rings. The molecule has 1 atom stereocenters. The maximum absolute atomic E-state index is 12.9. The fourth-order valence-corrected chi connectivity index (χ4v) is 9.32. The van der Waals surface area contributed by atoms with Gasteiger partial charge in [-0.2, -0.15) is 0 Å². The number of hydrogen-bond donors (Lipinski definition) is 0.